The number of aryl methyl sites for hydroxylation is 1. The standard InChI is InChI=1S/C27H48N2O/c1-4-5-6-7-8-9-10-11-12-13-14-15-16-17-18-19-27(30)28-24-29(3)26-22-20-25(2)21-23-26/h20-23H,4-19,24H2,1-3H3,(H,28,30). The lowest BCUT2D eigenvalue weighted by atomic mass is 10.0. The van der Waals surface area contributed by atoms with Gasteiger partial charge in [0.05, 0.1) is 6.67 Å². The van der Waals surface area contributed by atoms with E-state index in [0.29, 0.717) is 13.1 Å². The van der Waals surface area contributed by atoms with Gasteiger partial charge in [0.15, 0.2) is 0 Å². The SMILES string of the molecule is CCCCCCCCCCCCCCCCCC(=O)NCN(C)c1ccc(C)cc1. The molecule has 0 bridgehead atoms. The Morgan fingerprint density at radius 1 is 0.733 bits per heavy atom. The zero-order valence-corrected chi connectivity index (χ0v) is 20.2. The third-order valence-corrected chi connectivity index (χ3v) is 6.00. The summed E-state index contributed by atoms with van der Waals surface area (Å²) in [7, 11) is 2.01. The largest absolute Gasteiger partial charge is 0.357 e. The molecule has 0 aliphatic heterocycles. The third-order valence-electron chi connectivity index (χ3n) is 6.00. The molecule has 1 amide bonds. The van der Waals surface area contributed by atoms with Crippen LogP contribution >= 0.6 is 0 Å². The van der Waals surface area contributed by atoms with Crippen molar-refractivity contribution in [1.82, 2.24) is 5.32 Å². The van der Waals surface area contributed by atoms with Crippen molar-refractivity contribution in [2.75, 3.05) is 18.6 Å². The Morgan fingerprint density at radius 3 is 1.63 bits per heavy atom. The molecule has 1 rings (SSSR count). The number of nitrogens with zero attached hydrogens (tertiary/aromatic N) is 1. The molecule has 0 aromatic heterocycles. The zero-order chi connectivity index (χ0) is 21.9. The van der Waals surface area contributed by atoms with Gasteiger partial charge in [-0.1, -0.05) is 115 Å². The normalized spacial score (nSPS) is 10.9. The third kappa shape index (κ3) is 14.5. The molecule has 1 N–H and O–H groups in total. The molecule has 172 valence electrons. The van der Waals surface area contributed by atoms with Crippen molar-refractivity contribution in [2.24, 2.45) is 0 Å². The summed E-state index contributed by atoms with van der Waals surface area (Å²) in [5.41, 5.74) is 2.39. The highest BCUT2D eigenvalue weighted by molar-refractivity contribution is 5.76. The van der Waals surface area contributed by atoms with E-state index in [1.54, 1.807) is 0 Å². The number of unbranched alkanes of at least 4 members (excludes halogenated alkanes) is 14. The predicted molar refractivity (Wildman–Crippen MR) is 132 cm³/mol. The maximum atomic E-state index is 12.0. The number of hydrogen-bond donors (Lipinski definition) is 1. The molecule has 1 aromatic carbocycles. The van der Waals surface area contributed by atoms with E-state index in [1.807, 2.05) is 7.05 Å². The number of carbonyl (C=O) groups excluding carboxylic acids is 1. The van der Waals surface area contributed by atoms with E-state index in [2.05, 4.69) is 48.3 Å². The first-order valence-electron chi connectivity index (χ1n) is 12.7. The smallest absolute Gasteiger partial charge is 0.221 e. The number of benzene rings is 1. The minimum absolute atomic E-state index is 0.170. The highest BCUT2D eigenvalue weighted by atomic mass is 16.1. The summed E-state index contributed by atoms with van der Waals surface area (Å²) in [5, 5.41) is 3.03. The van der Waals surface area contributed by atoms with Gasteiger partial charge >= 0.3 is 0 Å². The number of hydrogen-bond acceptors (Lipinski definition) is 2. The molecular weight excluding hydrogens is 368 g/mol. The van der Waals surface area contributed by atoms with Crippen LogP contribution in [0.4, 0.5) is 5.69 Å². The van der Waals surface area contributed by atoms with Crippen LogP contribution in [0.15, 0.2) is 24.3 Å². The van der Waals surface area contributed by atoms with Gasteiger partial charge in [-0.3, -0.25) is 4.79 Å². The Balaban J connectivity index is 1.85. The van der Waals surface area contributed by atoms with Crippen LogP contribution < -0.4 is 10.2 Å². The molecule has 1 aromatic rings. The number of rotatable bonds is 19. The molecule has 0 unspecified atom stereocenters. The average Bonchev–Trinajstić information content (AvgIpc) is 2.75. The van der Waals surface area contributed by atoms with Crippen LogP contribution in [0.1, 0.15) is 115 Å². The molecule has 0 atom stereocenters. The van der Waals surface area contributed by atoms with Gasteiger partial charge < -0.3 is 10.2 Å². The van der Waals surface area contributed by atoms with Crippen LogP contribution in [0.3, 0.4) is 0 Å². The van der Waals surface area contributed by atoms with E-state index in [0.717, 1.165) is 12.1 Å². The molecule has 0 aliphatic rings. The van der Waals surface area contributed by atoms with Gasteiger partial charge in [-0.25, -0.2) is 0 Å². The van der Waals surface area contributed by atoms with Crippen LogP contribution in [0, 0.1) is 6.92 Å². The Labute approximate surface area is 187 Å². The predicted octanol–water partition coefficient (Wildman–Crippen LogP) is 7.77. The van der Waals surface area contributed by atoms with E-state index in [9.17, 15) is 4.79 Å². The monoisotopic (exact) mass is 416 g/mol. The first kappa shape index (κ1) is 26.5. The highest BCUT2D eigenvalue weighted by Gasteiger charge is 2.04. The van der Waals surface area contributed by atoms with Crippen LogP contribution in [0.25, 0.3) is 0 Å². The fourth-order valence-corrected chi connectivity index (χ4v) is 3.84. The van der Waals surface area contributed by atoms with Gasteiger partial charge in [-0.05, 0) is 25.5 Å². The minimum Gasteiger partial charge on any atom is -0.357 e. The van der Waals surface area contributed by atoms with Gasteiger partial charge in [0.1, 0.15) is 0 Å². The van der Waals surface area contributed by atoms with Crippen LogP contribution in [-0.2, 0) is 4.79 Å². The topological polar surface area (TPSA) is 32.3 Å². The van der Waals surface area contributed by atoms with E-state index in [1.165, 1.54) is 95.5 Å². The fraction of sp³-hybridized carbons (Fsp3) is 0.741. The van der Waals surface area contributed by atoms with Crippen LogP contribution in [-0.4, -0.2) is 19.6 Å². The van der Waals surface area contributed by atoms with E-state index >= 15 is 0 Å². The van der Waals surface area contributed by atoms with Crippen molar-refractivity contribution in [3.05, 3.63) is 29.8 Å². The minimum atomic E-state index is 0.170. The molecule has 0 heterocycles. The molecule has 0 fully saturated rings. The van der Waals surface area contributed by atoms with Gasteiger partial charge in [0, 0.05) is 19.2 Å². The van der Waals surface area contributed by atoms with Crippen molar-refractivity contribution >= 4 is 11.6 Å². The average molecular weight is 417 g/mol. The molecular formula is C27H48N2O. The maximum absolute atomic E-state index is 12.0. The van der Waals surface area contributed by atoms with E-state index in [-0.39, 0.29) is 5.91 Å². The maximum Gasteiger partial charge on any atom is 0.221 e. The van der Waals surface area contributed by atoms with Crippen molar-refractivity contribution < 1.29 is 4.79 Å². The Hall–Kier alpha value is -1.51. The number of carbonyl (C=O) groups is 1. The van der Waals surface area contributed by atoms with Crippen molar-refractivity contribution in [1.29, 1.82) is 0 Å². The lowest BCUT2D eigenvalue weighted by Gasteiger charge is -2.20. The first-order chi connectivity index (χ1) is 14.6. The molecule has 30 heavy (non-hydrogen) atoms. The lowest BCUT2D eigenvalue weighted by Crippen LogP contribution is -2.35. The van der Waals surface area contributed by atoms with Gasteiger partial charge in [-0.2, -0.15) is 0 Å². The second-order valence-electron chi connectivity index (χ2n) is 8.99. The Bertz CT molecular complexity index is 526. The van der Waals surface area contributed by atoms with Crippen molar-refractivity contribution in [3.8, 4) is 0 Å². The molecule has 0 radical (unpaired) electrons. The molecule has 3 nitrogen and oxygen atoms in total. The lowest BCUT2D eigenvalue weighted by molar-refractivity contribution is -0.121. The van der Waals surface area contributed by atoms with Gasteiger partial charge in [0.2, 0.25) is 5.91 Å². The Kier molecular flexibility index (Phi) is 16.2. The van der Waals surface area contributed by atoms with Gasteiger partial charge in [-0.15, -0.1) is 0 Å². The fourth-order valence-electron chi connectivity index (χ4n) is 3.84. The summed E-state index contributed by atoms with van der Waals surface area (Å²) in [6, 6.07) is 8.39. The summed E-state index contributed by atoms with van der Waals surface area (Å²) in [6.07, 6.45) is 21.0. The number of anilines is 1. The second kappa shape index (κ2) is 18.3. The van der Waals surface area contributed by atoms with Crippen LogP contribution in [0.5, 0.6) is 0 Å². The summed E-state index contributed by atoms with van der Waals surface area (Å²) in [5.74, 6) is 0.170. The molecule has 3 heteroatoms. The van der Waals surface area contributed by atoms with E-state index in [4.69, 9.17) is 0 Å². The second-order valence-corrected chi connectivity index (χ2v) is 8.99. The summed E-state index contributed by atoms with van der Waals surface area (Å²) < 4.78 is 0. The zero-order valence-electron chi connectivity index (χ0n) is 20.2. The first-order valence-corrected chi connectivity index (χ1v) is 12.7. The quantitative estimate of drug-likeness (QED) is 0.184. The summed E-state index contributed by atoms with van der Waals surface area (Å²) >= 11 is 0. The summed E-state index contributed by atoms with van der Waals surface area (Å²) in [4.78, 5) is 14.1. The van der Waals surface area contributed by atoms with Crippen LogP contribution in [0.2, 0.25) is 0 Å². The molecule has 0 saturated heterocycles. The number of amides is 1. The molecule has 0 saturated carbocycles. The van der Waals surface area contributed by atoms with Crippen molar-refractivity contribution in [2.45, 2.75) is 117 Å². The highest BCUT2D eigenvalue weighted by Crippen LogP contribution is 2.14. The molecule has 0 spiro atoms. The number of nitrogens with one attached hydrogen (secondary N) is 1. The Morgan fingerprint density at radius 2 is 1.17 bits per heavy atom. The van der Waals surface area contributed by atoms with Gasteiger partial charge in [0.25, 0.3) is 0 Å². The summed E-state index contributed by atoms with van der Waals surface area (Å²) in [6.45, 7) is 4.94. The van der Waals surface area contributed by atoms with Crippen molar-refractivity contribution in [3.63, 3.8) is 0 Å². The molecule has 0 aliphatic carbocycles. The van der Waals surface area contributed by atoms with E-state index < -0.39 is 0 Å².